The highest BCUT2D eigenvalue weighted by Gasteiger charge is 2.49. The first-order chi connectivity index (χ1) is 7.53. The first-order valence-electron chi connectivity index (χ1n) is 5.53. The molecule has 0 spiro atoms. The van der Waals surface area contributed by atoms with Crippen LogP contribution in [0.25, 0.3) is 0 Å². The van der Waals surface area contributed by atoms with Crippen molar-refractivity contribution in [2.24, 2.45) is 5.92 Å². The quantitative estimate of drug-likeness (QED) is 0.816. The Morgan fingerprint density at radius 1 is 1.38 bits per heavy atom. The van der Waals surface area contributed by atoms with Crippen molar-refractivity contribution in [2.75, 3.05) is 0 Å². The molecule has 3 heteroatoms. The topological polar surface area (TPSA) is 57.5 Å². The minimum atomic E-state index is -1.15. The fourth-order valence-electron chi connectivity index (χ4n) is 2.28. The lowest BCUT2D eigenvalue weighted by molar-refractivity contribution is -0.146. The summed E-state index contributed by atoms with van der Waals surface area (Å²) in [6.45, 7) is 1.64. The summed E-state index contributed by atoms with van der Waals surface area (Å²) in [5.41, 5.74) is -0.473. The Morgan fingerprint density at radius 3 is 2.38 bits per heavy atom. The maximum atomic E-state index is 11.3. The van der Waals surface area contributed by atoms with Crippen molar-refractivity contribution in [3.05, 3.63) is 35.9 Å². The number of aliphatic hydroxyl groups is 1. The molecule has 1 aliphatic rings. The average Bonchev–Trinajstić information content (AvgIpc) is 3.01. The van der Waals surface area contributed by atoms with E-state index in [1.165, 1.54) is 0 Å². The van der Waals surface area contributed by atoms with Gasteiger partial charge in [0.1, 0.15) is 5.92 Å². The minimum Gasteiger partial charge on any atom is -0.481 e. The van der Waals surface area contributed by atoms with E-state index < -0.39 is 17.5 Å². The molecular formula is C13H16O3. The van der Waals surface area contributed by atoms with Crippen LogP contribution >= 0.6 is 0 Å². The van der Waals surface area contributed by atoms with Gasteiger partial charge in [-0.3, -0.25) is 4.79 Å². The Balaban J connectivity index is 2.34. The second kappa shape index (κ2) is 3.91. The number of carboxylic acids is 1. The summed E-state index contributed by atoms with van der Waals surface area (Å²) in [7, 11) is 0. The lowest BCUT2D eigenvalue weighted by Gasteiger charge is -2.30. The molecule has 1 aromatic rings. The second-order valence-electron chi connectivity index (χ2n) is 4.68. The lowest BCUT2D eigenvalue weighted by Crippen LogP contribution is -2.39. The first kappa shape index (κ1) is 11.1. The number of benzene rings is 1. The maximum absolute atomic E-state index is 11.3. The third kappa shape index (κ3) is 1.95. The molecule has 0 bridgehead atoms. The summed E-state index contributed by atoms with van der Waals surface area (Å²) in [6, 6.07) is 8.96. The number of hydrogen-bond donors (Lipinski definition) is 2. The standard InChI is InChI=1S/C13H16O3/c1-13(16,10-7-8-10)11(12(14)15)9-5-3-2-4-6-9/h2-6,10-11,16H,7-8H2,1H3,(H,14,15). The van der Waals surface area contributed by atoms with Crippen LogP contribution in [0.2, 0.25) is 0 Å². The molecule has 1 aliphatic carbocycles. The number of aliphatic carboxylic acids is 1. The van der Waals surface area contributed by atoms with Crippen molar-refractivity contribution >= 4 is 5.97 Å². The predicted octanol–water partition coefficient (Wildman–Crippen LogP) is 2.02. The van der Waals surface area contributed by atoms with Crippen molar-refractivity contribution in [1.82, 2.24) is 0 Å². The fraction of sp³-hybridized carbons (Fsp3) is 0.462. The van der Waals surface area contributed by atoms with Gasteiger partial charge in [0, 0.05) is 0 Å². The molecule has 0 aromatic heterocycles. The highest BCUT2D eigenvalue weighted by molar-refractivity contribution is 5.78. The van der Waals surface area contributed by atoms with Crippen LogP contribution in [0.3, 0.4) is 0 Å². The zero-order chi connectivity index (χ0) is 11.8. The Hall–Kier alpha value is -1.35. The molecule has 16 heavy (non-hydrogen) atoms. The van der Waals surface area contributed by atoms with Crippen molar-refractivity contribution in [3.63, 3.8) is 0 Å². The summed E-state index contributed by atoms with van der Waals surface area (Å²) in [5.74, 6) is -1.67. The summed E-state index contributed by atoms with van der Waals surface area (Å²) in [6.07, 6.45) is 1.84. The van der Waals surface area contributed by atoms with Crippen LogP contribution in [0.1, 0.15) is 31.2 Å². The van der Waals surface area contributed by atoms with Crippen LogP contribution in [0.15, 0.2) is 30.3 Å². The minimum absolute atomic E-state index is 0.119. The van der Waals surface area contributed by atoms with Gasteiger partial charge in [0.15, 0.2) is 0 Å². The summed E-state index contributed by atoms with van der Waals surface area (Å²) < 4.78 is 0. The number of carboxylic acid groups (broad SMARTS) is 1. The number of carbonyl (C=O) groups is 1. The third-order valence-electron chi connectivity index (χ3n) is 3.37. The van der Waals surface area contributed by atoms with Gasteiger partial charge < -0.3 is 10.2 Å². The first-order valence-corrected chi connectivity index (χ1v) is 5.53. The van der Waals surface area contributed by atoms with Gasteiger partial charge in [-0.05, 0) is 31.2 Å². The average molecular weight is 220 g/mol. The molecule has 1 saturated carbocycles. The van der Waals surface area contributed by atoms with E-state index in [9.17, 15) is 15.0 Å². The van der Waals surface area contributed by atoms with Gasteiger partial charge in [-0.25, -0.2) is 0 Å². The zero-order valence-electron chi connectivity index (χ0n) is 9.26. The Morgan fingerprint density at radius 2 is 1.94 bits per heavy atom. The molecule has 2 N–H and O–H groups in total. The van der Waals surface area contributed by atoms with E-state index in [-0.39, 0.29) is 5.92 Å². The van der Waals surface area contributed by atoms with Gasteiger partial charge in [-0.2, -0.15) is 0 Å². The molecular weight excluding hydrogens is 204 g/mol. The predicted molar refractivity (Wildman–Crippen MR) is 60.2 cm³/mol. The second-order valence-corrected chi connectivity index (χ2v) is 4.68. The lowest BCUT2D eigenvalue weighted by atomic mass is 9.80. The van der Waals surface area contributed by atoms with Crippen molar-refractivity contribution < 1.29 is 15.0 Å². The molecule has 3 nitrogen and oxygen atoms in total. The van der Waals surface area contributed by atoms with Crippen molar-refractivity contribution in [3.8, 4) is 0 Å². The SMILES string of the molecule is CC(O)(C1CC1)C(C(=O)O)c1ccccc1. The molecule has 2 rings (SSSR count). The molecule has 0 radical (unpaired) electrons. The van der Waals surface area contributed by atoms with Crippen LogP contribution < -0.4 is 0 Å². The van der Waals surface area contributed by atoms with Crippen LogP contribution in [0, 0.1) is 5.92 Å². The number of hydrogen-bond acceptors (Lipinski definition) is 2. The van der Waals surface area contributed by atoms with E-state index >= 15 is 0 Å². The van der Waals surface area contributed by atoms with Gasteiger partial charge in [0.25, 0.3) is 0 Å². The summed E-state index contributed by atoms with van der Waals surface area (Å²) in [5, 5.41) is 19.6. The van der Waals surface area contributed by atoms with E-state index in [0.29, 0.717) is 5.56 Å². The van der Waals surface area contributed by atoms with Gasteiger partial charge >= 0.3 is 5.97 Å². The van der Waals surface area contributed by atoms with E-state index in [2.05, 4.69) is 0 Å². The summed E-state index contributed by atoms with van der Waals surface area (Å²) in [4.78, 5) is 11.3. The van der Waals surface area contributed by atoms with E-state index in [1.807, 2.05) is 6.07 Å². The fourth-order valence-corrected chi connectivity index (χ4v) is 2.28. The van der Waals surface area contributed by atoms with E-state index in [4.69, 9.17) is 0 Å². The smallest absolute Gasteiger partial charge is 0.313 e. The van der Waals surface area contributed by atoms with Gasteiger partial charge in [0.05, 0.1) is 5.60 Å². The molecule has 1 aromatic carbocycles. The van der Waals surface area contributed by atoms with E-state index in [0.717, 1.165) is 12.8 Å². The van der Waals surface area contributed by atoms with Gasteiger partial charge in [0.2, 0.25) is 0 Å². The third-order valence-corrected chi connectivity index (χ3v) is 3.37. The monoisotopic (exact) mass is 220 g/mol. The largest absolute Gasteiger partial charge is 0.481 e. The molecule has 86 valence electrons. The molecule has 0 saturated heterocycles. The van der Waals surface area contributed by atoms with Crippen LogP contribution in [-0.2, 0) is 4.79 Å². The van der Waals surface area contributed by atoms with Crippen molar-refractivity contribution in [2.45, 2.75) is 31.3 Å². The highest BCUT2D eigenvalue weighted by atomic mass is 16.4. The molecule has 1 fully saturated rings. The Labute approximate surface area is 94.7 Å². The molecule has 0 heterocycles. The normalized spacial score (nSPS) is 21.1. The van der Waals surface area contributed by atoms with Crippen LogP contribution in [0.4, 0.5) is 0 Å². The van der Waals surface area contributed by atoms with Gasteiger partial charge in [-0.15, -0.1) is 0 Å². The van der Waals surface area contributed by atoms with Gasteiger partial charge in [-0.1, -0.05) is 30.3 Å². The molecule has 2 unspecified atom stereocenters. The maximum Gasteiger partial charge on any atom is 0.313 e. The Kier molecular flexibility index (Phi) is 2.72. The van der Waals surface area contributed by atoms with Crippen molar-refractivity contribution in [1.29, 1.82) is 0 Å². The number of rotatable bonds is 4. The zero-order valence-corrected chi connectivity index (χ0v) is 9.26. The Bertz CT molecular complexity index is 379. The van der Waals surface area contributed by atoms with Crippen LogP contribution in [-0.4, -0.2) is 21.8 Å². The molecule has 0 amide bonds. The molecule has 0 aliphatic heterocycles. The summed E-state index contributed by atoms with van der Waals surface area (Å²) >= 11 is 0. The highest BCUT2D eigenvalue weighted by Crippen LogP contribution is 2.46. The van der Waals surface area contributed by atoms with E-state index in [1.54, 1.807) is 31.2 Å². The molecule has 2 atom stereocenters. The van der Waals surface area contributed by atoms with Crippen LogP contribution in [0.5, 0.6) is 0 Å².